The van der Waals surface area contributed by atoms with E-state index in [-0.39, 0.29) is 41.6 Å². The number of carboxylic acids is 1. The van der Waals surface area contributed by atoms with Gasteiger partial charge in [-0.25, -0.2) is 8.42 Å². The van der Waals surface area contributed by atoms with Crippen LogP contribution in [0.2, 0.25) is 0 Å². The van der Waals surface area contributed by atoms with E-state index in [0.29, 0.717) is 5.69 Å². The van der Waals surface area contributed by atoms with Gasteiger partial charge in [0.1, 0.15) is 5.75 Å². The number of carboxylic acid groups (broad SMARTS) is 1. The number of phenols is 1. The average Bonchev–Trinajstić information content (AvgIpc) is 3.15. The zero-order valence-corrected chi connectivity index (χ0v) is 17.8. The van der Waals surface area contributed by atoms with Gasteiger partial charge in [0.2, 0.25) is 10.0 Å². The van der Waals surface area contributed by atoms with Crippen molar-refractivity contribution in [2.24, 2.45) is 5.92 Å². The van der Waals surface area contributed by atoms with E-state index in [1.807, 2.05) is 29.8 Å². The second-order valence-electron chi connectivity index (χ2n) is 8.43. The molecule has 3 aromatic rings. The summed E-state index contributed by atoms with van der Waals surface area (Å²) in [5, 5.41) is 24.3. The lowest BCUT2D eigenvalue weighted by Gasteiger charge is -2.36. The van der Waals surface area contributed by atoms with Crippen LogP contribution in [-0.2, 0) is 21.2 Å². The lowest BCUT2D eigenvalue weighted by atomic mass is 9.78. The van der Waals surface area contributed by atoms with Crippen LogP contribution in [-0.4, -0.2) is 51.3 Å². The van der Waals surface area contributed by atoms with Gasteiger partial charge < -0.3 is 10.2 Å². The fourth-order valence-electron chi connectivity index (χ4n) is 4.90. The van der Waals surface area contributed by atoms with Crippen molar-refractivity contribution in [3.05, 3.63) is 53.7 Å². The van der Waals surface area contributed by atoms with Crippen molar-refractivity contribution in [2.45, 2.75) is 43.2 Å². The number of benzene rings is 2. The van der Waals surface area contributed by atoms with Gasteiger partial charge in [0.05, 0.1) is 28.6 Å². The first kappa shape index (κ1) is 20.0. The monoisotopic (exact) mass is 441 g/mol. The first-order valence-corrected chi connectivity index (χ1v) is 11.7. The highest BCUT2D eigenvalue weighted by atomic mass is 32.2. The summed E-state index contributed by atoms with van der Waals surface area (Å²) >= 11 is 0. The van der Waals surface area contributed by atoms with Crippen LogP contribution >= 0.6 is 0 Å². The minimum absolute atomic E-state index is 0.0177. The van der Waals surface area contributed by atoms with Crippen LogP contribution in [0.4, 0.5) is 0 Å². The molecule has 1 aromatic heterocycles. The van der Waals surface area contributed by atoms with Gasteiger partial charge in [-0.1, -0.05) is 12.1 Å². The van der Waals surface area contributed by atoms with Crippen molar-refractivity contribution < 1.29 is 23.4 Å². The van der Waals surface area contributed by atoms with Crippen LogP contribution in [0, 0.1) is 12.8 Å². The Morgan fingerprint density at radius 2 is 1.87 bits per heavy atom. The highest BCUT2D eigenvalue weighted by Crippen LogP contribution is 2.49. The smallest absolute Gasteiger partial charge is 0.309 e. The Kier molecular flexibility index (Phi) is 4.56. The molecule has 2 heterocycles. The van der Waals surface area contributed by atoms with Crippen molar-refractivity contribution in [2.75, 3.05) is 6.54 Å². The summed E-state index contributed by atoms with van der Waals surface area (Å²) in [5.41, 5.74) is 2.38. The van der Waals surface area contributed by atoms with E-state index in [1.54, 1.807) is 4.31 Å². The molecule has 2 aromatic carbocycles. The summed E-state index contributed by atoms with van der Waals surface area (Å²) < 4.78 is 30.0. The molecule has 0 spiro atoms. The van der Waals surface area contributed by atoms with Crippen molar-refractivity contribution in [3.63, 3.8) is 0 Å². The third-order valence-corrected chi connectivity index (χ3v) is 8.44. The number of phenolic OH excluding ortho intramolecular Hbond substituents is 1. The number of aliphatic carboxylic acids is 1. The molecule has 2 N–H and O–H groups in total. The molecule has 9 heteroatoms. The predicted molar refractivity (Wildman–Crippen MR) is 113 cm³/mol. The molecule has 1 aliphatic carbocycles. The SMILES string of the molecule is Cc1ccc2c(CC(=O)O)nn([C@H]3CN(S(=O)(=O)c4ccc(O)cc4)[C@H]4CC[C@H]43)c2c1. The number of aryl methyl sites for hydroxylation is 1. The molecule has 0 unspecified atom stereocenters. The van der Waals surface area contributed by atoms with Crippen LogP contribution in [0.25, 0.3) is 10.9 Å². The number of aromatic nitrogens is 2. The number of hydrogen-bond acceptors (Lipinski definition) is 5. The molecule has 8 nitrogen and oxygen atoms in total. The molecule has 0 amide bonds. The van der Waals surface area contributed by atoms with Gasteiger partial charge >= 0.3 is 5.97 Å². The normalized spacial score (nSPS) is 23.6. The Morgan fingerprint density at radius 3 is 2.52 bits per heavy atom. The second kappa shape index (κ2) is 7.06. The molecule has 0 radical (unpaired) electrons. The van der Waals surface area contributed by atoms with Crippen molar-refractivity contribution in [1.82, 2.24) is 14.1 Å². The first-order chi connectivity index (χ1) is 14.8. The van der Waals surface area contributed by atoms with E-state index in [2.05, 4.69) is 5.10 Å². The van der Waals surface area contributed by atoms with Crippen LogP contribution < -0.4 is 0 Å². The molecular formula is C22H23N3O5S. The van der Waals surface area contributed by atoms with Crippen LogP contribution in [0.5, 0.6) is 5.75 Å². The molecule has 3 atom stereocenters. The summed E-state index contributed by atoms with van der Waals surface area (Å²) in [6, 6.07) is 11.1. The fraction of sp³-hybridized carbons (Fsp3) is 0.364. The number of sulfonamides is 1. The molecule has 1 saturated heterocycles. The zero-order chi connectivity index (χ0) is 21.9. The number of aromatic hydroxyl groups is 1. The van der Waals surface area contributed by atoms with E-state index >= 15 is 0 Å². The van der Waals surface area contributed by atoms with Gasteiger partial charge in [-0.05, 0) is 61.6 Å². The van der Waals surface area contributed by atoms with Crippen molar-refractivity contribution in [3.8, 4) is 5.75 Å². The van der Waals surface area contributed by atoms with Crippen LogP contribution in [0.15, 0.2) is 47.4 Å². The molecule has 2 fully saturated rings. The van der Waals surface area contributed by atoms with Crippen molar-refractivity contribution >= 4 is 26.9 Å². The highest BCUT2D eigenvalue weighted by molar-refractivity contribution is 7.89. The number of fused-ring (bicyclic) bond motifs is 2. The molecule has 1 aliphatic heterocycles. The maximum absolute atomic E-state index is 13.3. The molecule has 1 saturated carbocycles. The molecular weight excluding hydrogens is 418 g/mol. The molecule has 31 heavy (non-hydrogen) atoms. The highest BCUT2D eigenvalue weighted by Gasteiger charge is 2.53. The van der Waals surface area contributed by atoms with E-state index < -0.39 is 16.0 Å². The van der Waals surface area contributed by atoms with E-state index in [0.717, 1.165) is 29.3 Å². The summed E-state index contributed by atoms with van der Waals surface area (Å²) in [6.07, 6.45) is 1.51. The fourth-order valence-corrected chi connectivity index (χ4v) is 6.62. The van der Waals surface area contributed by atoms with E-state index in [9.17, 15) is 23.4 Å². The van der Waals surface area contributed by atoms with Gasteiger partial charge in [-0.15, -0.1) is 0 Å². The minimum Gasteiger partial charge on any atom is -0.508 e. The summed E-state index contributed by atoms with van der Waals surface area (Å²) in [7, 11) is -3.71. The lowest BCUT2D eigenvalue weighted by molar-refractivity contribution is -0.136. The van der Waals surface area contributed by atoms with E-state index in [4.69, 9.17) is 0 Å². The maximum atomic E-state index is 13.3. The third kappa shape index (κ3) is 3.19. The number of carbonyl (C=O) groups is 1. The minimum atomic E-state index is -3.71. The second-order valence-corrected chi connectivity index (χ2v) is 10.3. The topological polar surface area (TPSA) is 113 Å². The first-order valence-electron chi connectivity index (χ1n) is 10.3. The Balaban J connectivity index is 1.55. The Bertz CT molecular complexity index is 1280. The Labute approximate surface area is 179 Å². The number of nitrogens with zero attached hydrogens (tertiary/aromatic N) is 3. The van der Waals surface area contributed by atoms with Gasteiger partial charge in [-0.3, -0.25) is 9.48 Å². The van der Waals surface area contributed by atoms with Gasteiger partial charge in [-0.2, -0.15) is 9.40 Å². The third-order valence-electron chi connectivity index (χ3n) is 6.54. The number of hydrogen-bond donors (Lipinski definition) is 2. The zero-order valence-electron chi connectivity index (χ0n) is 17.0. The summed E-state index contributed by atoms with van der Waals surface area (Å²) in [5.74, 6) is -0.797. The van der Waals surface area contributed by atoms with Gasteiger partial charge in [0.25, 0.3) is 0 Å². The summed E-state index contributed by atoms with van der Waals surface area (Å²) in [4.78, 5) is 11.5. The number of rotatable bonds is 5. The Hall–Kier alpha value is -2.91. The van der Waals surface area contributed by atoms with E-state index in [1.165, 1.54) is 24.3 Å². The largest absolute Gasteiger partial charge is 0.508 e. The molecule has 0 bridgehead atoms. The quantitative estimate of drug-likeness (QED) is 0.630. The Morgan fingerprint density at radius 1 is 1.13 bits per heavy atom. The van der Waals surface area contributed by atoms with Gasteiger partial charge in [0.15, 0.2) is 0 Å². The predicted octanol–water partition coefficient (Wildman–Crippen LogP) is 2.70. The van der Waals surface area contributed by atoms with Crippen LogP contribution in [0.3, 0.4) is 0 Å². The standard InChI is InChI=1S/C22H23N3O5S/c1-13-2-7-16-18(11-22(27)28)23-25(20(16)10-13)21-12-24(19-9-8-17(19)21)31(29,30)15-5-3-14(26)4-6-15/h2-7,10,17,19,21,26H,8-9,11-12H2,1H3,(H,27,28)/t17-,19+,21+/m1/s1. The lowest BCUT2D eigenvalue weighted by Crippen LogP contribution is -2.43. The maximum Gasteiger partial charge on any atom is 0.309 e. The van der Waals surface area contributed by atoms with Gasteiger partial charge in [0, 0.05) is 18.0 Å². The van der Waals surface area contributed by atoms with Crippen molar-refractivity contribution in [1.29, 1.82) is 0 Å². The summed E-state index contributed by atoms with van der Waals surface area (Å²) in [6.45, 7) is 2.26. The molecule has 5 rings (SSSR count). The average molecular weight is 442 g/mol. The molecule has 2 aliphatic rings. The van der Waals surface area contributed by atoms with Crippen LogP contribution in [0.1, 0.15) is 30.1 Å². The molecule has 162 valence electrons.